The summed E-state index contributed by atoms with van der Waals surface area (Å²) in [6.07, 6.45) is 0.939. The highest BCUT2D eigenvalue weighted by Gasteiger charge is 2.44. The highest BCUT2D eigenvalue weighted by atomic mass is 16.5. The zero-order valence-corrected chi connectivity index (χ0v) is 20.2. The van der Waals surface area contributed by atoms with Crippen molar-refractivity contribution in [2.75, 3.05) is 12.4 Å². The second-order valence-electron chi connectivity index (χ2n) is 9.60. The maximum atomic E-state index is 13.4. The summed E-state index contributed by atoms with van der Waals surface area (Å²) in [5.74, 6) is 0.360. The summed E-state index contributed by atoms with van der Waals surface area (Å²) in [5, 5.41) is 10.7. The predicted molar refractivity (Wildman–Crippen MR) is 132 cm³/mol. The van der Waals surface area contributed by atoms with Gasteiger partial charge in [0.2, 0.25) is 0 Å². The molecule has 184 valence electrons. The third kappa shape index (κ3) is 4.35. The minimum Gasteiger partial charge on any atom is -0.497 e. The standard InChI is InChI=1S/C27H26N4O5/c1-27(2)13-18(32)21-19(14-27)35-23(28)22(20(21)15-9-11-17(34-3)12-10-15)25-30-31-26(36-25)29-24(33)16-7-5-4-6-8-16/h4-12,20H,13-14,28H2,1-3H3,(H,29,31,33). The molecule has 0 saturated heterocycles. The Hall–Kier alpha value is -4.40. The molecule has 9 nitrogen and oxygen atoms in total. The number of nitrogens with zero attached hydrogens (tertiary/aromatic N) is 2. The SMILES string of the molecule is COc1ccc(C2C3=C(CC(C)(C)CC3=O)OC(N)=C2c2nnc(NC(=O)c3ccccc3)o2)cc1. The molecule has 1 unspecified atom stereocenters. The lowest BCUT2D eigenvalue weighted by molar-refractivity contribution is -0.118. The van der Waals surface area contributed by atoms with Gasteiger partial charge in [0.15, 0.2) is 11.7 Å². The van der Waals surface area contributed by atoms with Crippen LogP contribution < -0.4 is 15.8 Å². The first-order valence-electron chi connectivity index (χ1n) is 11.5. The molecule has 0 spiro atoms. The quantitative estimate of drug-likeness (QED) is 0.542. The molecule has 2 aromatic carbocycles. The molecule has 36 heavy (non-hydrogen) atoms. The molecule has 3 aromatic rings. The Morgan fingerprint density at radius 1 is 1.06 bits per heavy atom. The van der Waals surface area contributed by atoms with Gasteiger partial charge in [-0.2, -0.15) is 0 Å². The Balaban J connectivity index is 1.54. The number of ketones is 1. The van der Waals surface area contributed by atoms with Crippen molar-refractivity contribution in [3.05, 3.63) is 88.8 Å². The molecule has 3 N–H and O–H groups in total. The molecule has 2 aliphatic rings. The lowest BCUT2D eigenvalue weighted by Gasteiger charge is -2.37. The number of Topliss-reactive ketones (excluding diaryl/α,β-unsaturated/α-hetero) is 1. The van der Waals surface area contributed by atoms with Gasteiger partial charge in [0, 0.05) is 24.0 Å². The van der Waals surface area contributed by atoms with E-state index in [1.165, 1.54) is 0 Å². The van der Waals surface area contributed by atoms with Crippen LogP contribution in [-0.4, -0.2) is 29.0 Å². The van der Waals surface area contributed by atoms with E-state index in [9.17, 15) is 9.59 Å². The van der Waals surface area contributed by atoms with Gasteiger partial charge in [-0.1, -0.05) is 49.3 Å². The fourth-order valence-electron chi connectivity index (χ4n) is 4.67. The number of nitrogens with two attached hydrogens (primary N) is 1. The van der Waals surface area contributed by atoms with Crippen LogP contribution in [0.5, 0.6) is 5.75 Å². The number of allylic oxidation sites excluding steroid dienone is 3. The van der Waals surface area contributed by atoms with Crippen molar-refractivity contribution in [3.8, 4) is 5.75 Å². The summed E-state index contributed by atoms with van der Waals surface area (Å²) in [4.78, 5) is 25.9. The van der Waals surface area contributed by atoms with Gasteiger partial charge < -0.3 is 19.6 Å². The third-order valence-corrected chi connectivity index (χ3v) is 6.32. The maximum absolute atomic E-state index is 13.4. The topological polar surface area (TPSA) is 130 Å². The molecule has 5 rings (SSSR count). The Morgan fingerprint density at radius 3 is 2.47 bits per heavy atom. The van der Waals surface area contributed by atoms with Crippen LogP contribution in [0.2, 0.25) is 0 Å². The number of hydrogen-bond acceptors (Lipinski definition) is 8. The highest BCUT2D eigenvalue weighted by Crippen LogP contribution is 2.50. The number of rotatable bonds is 5. The average Bonchev–Trinajstić information content (AvgIpc) is 3.30. The van der Waals surface area contributed by atoms with Crippen molar-refractivity contribution < 1.29 is 23.5 Å². The Labute approximate surface area is 208 Å². The van der Waals surface area contributed by atoms with E-state index < -0.39 is 11.8 Å². The first kappa shape index (κ1) is 23.3. The third-order valence-electron chi connectivity index (χ3n) is 6.32. The smallest absolute Gasteiger partial charge is 0.322 e. The summed E-state index contributed by atoms with van der Waals surface area (Å²) >= 11 is 0. The average molecular weight is 487 g/mol. The van der Waals surface area contributed by atoms with Crippen LogP contribution in [0.15, 0.2) is 76.2 Å². The summed E-state index contributed by atoms with van der Waals surface area (Å²) in [5.41, 5.74) is 8.30. The van der Waals surface area contributed by atoms with Crippen molar-refractivity contribution in [2.45, 2.75) is 32.6 Å². The van der Waals surface area contributed by atoms with E-state index in [1.807, 2.05) is 44.2 Å². The van der Waals surface area contributed by atoms with Crippen molar-refractivity contribution in [3.63, 3.8) is 0 Å². The number of carbonyl (C=O) groups is 2. The number of carbonyl (C=O) groups excluding carboxylic acids is 2. The van der Waals surface area contributed by atoms with E-state index in [-0.39, 0.29) is 29.0 Å². The fraction of sp³-hybridized carbons (Fsp3) is 0.259. The van der Waals surface area contributed by atoms with Gasteiger partial charge >= 0.3 is 6.01 Å². The van der Waals surface area contributed by atoms with Gasteiger partial charge in [-0.25, -0.2) is 0 Å². The first-order chi connectivity index (χ1) is 17.3. The second-order valence-corrected chi connectivity index (χ2v) is 9.60. The molecule has 1 atom stereocenters. The molecule has 1 aliphatic carbocycles. The Kier molecular flexibility index (Phi) is 5.83. The van der Waals surface area contributed by atoms with Crippen LogP contribution in [0, 0.1) is 5.41 Å². The lowest BCUT2D eigenvalue weighted by Crippen LogP contribution is -2.33. The molecule has 1 amide bonds. The van der Waals surface area contributed by atoms with Crippen LogP contribution in [-0.2, 0) is 9.53 Å². The molecule has 2 heterocycles. The van der Waals surface area contributed by atoms with Gasteiger partial charge in [0.05, 0.1) is 18.6 Å². The van der Waals surface area contributed by atoms with Gasteiger partial charge in [0.1, 0.15) is 11.5 Å². The van der Waals surface area contributed by atoms with Crippen LogP contribution in [0.1, 0.15) is 54.4 Å². The van der Waals surface area contributed by atoms with Gasteiger partial charge in [-0.05, 0) is 35.2 Å². The lowest BCUT2D eigenvalue weighted by atomic mass is 9.70. The number of anilines is 1. The number of amides is 1. The molecular formula is C27H26N4O5. The second kappa shape index (κ2) is 8.99. The van der Waals surface area contributed by atoms with E-state index in [1.54, 1.807) is 31.4 Å². The minimum absolute atomic E-state index is 0.0239. The summed E-state index contributed by atoms with van der Waals surface area (Å²) in [6.45, 7) is 4.05. The number of nitrogens with one attached hydrogen (secondary N) is 1. The fourth-order valence-corrected chi connectivity index (χ4v) is 4.67. The van der Waals surface area contributed by atoms with Crippen molar-refractivity contribution >= 4 is 23.3 Å². The van der Waals surface area contributed by atoms with E-state index in [0.717, 1.165) is 5.56 Å². The normalized spacial score (nSPS) is 19.0. The van der Waals surface area contributed by atoms with Crippen molar-refractivity contribution in [2.24, 2.45) is 11.1 Å². The van der Waals surface area contributed by atoms with Crippen LogP contribution in [0.25, 0.3) is 5.57 Å². The highest BCUT2D eigenvalue weighted by molar-refractivity contribution is 6.03. The van der Waals surface area contributed by atoms with E-state index in [2.05, 4.69) is 15.5 Å². The van der Waals surface area contributed by atoms with E-state index in [4.69, 9.17) is 19.6 Å². The summed E-state index contributed by atoms with van der Waals surface area (Å²) in [7, 11) is 1.59. The zero-order valence-electron chi connectivity index (χ0n) is 20.2. The molecule has 0 saturated carbocycles. The summed E-state index contributed by atoms with van der Waals surface area (Å²) in [6, 6.07) is 15.9. The molecule has 0 bridgehead atoms. The molecule has 1 aliphatic heterocycles. The molecule has 0 radical (unpaired) electrons. The monoisotopic (exact) mass is 486 g/mol. The van der Waals surface area contributed by atoms with Gasteiger partial charge in [0.25, 0.3) is 11.8 Å². The van der Waals surface area contributed by atoms with Crippen molar-refractivity contribution in [1.29, 1.82) is 0 Å². The van der Waals surface area contributed by atoms with E-state index in [0.29, 0.717) is 41.1 Å². The largest absolute Gasteiger partial charge is 0.497 e. The van der Waals surface area contributed by atoms with Gasteiger partial charge in [-0.15, -0.1) is 5.10 Å². The van der Waals surface area contributed by atoms with Gasteiger partial charge in [-0.3, -0.25) is 14.9 Å². The zero-order chi connectivity index (χ0) is 25.4. The summed E-state index contributed by atoms with van der Waals surface area (Å²) < 4.78 is 17.1. The predicted octanol–water partition coefficient (Wildman–Crippen LogP) is 4.42. The van der Waals surface area contributed by atoms with Crippen molar-refractivity contribution in [1.82, 2.24) is 10.2 Å². The molecular weight excluding hydrogens is 460 g/mol. The minimum atomic E-state index is -0.582. The first-order valence-corrected chi connectivity index (χ1v) is 11.5. The Morgan fingerprint density at radius 2 is 1.78 bits per heavy atom. The van der Waals surface area contributed by atoms with Crippen LogP contribution >= 0.6 is 0 Å². The molecule has 9 heteroatoms. The number of ether oxygens (including phenoxy) is 2. The Bertz CT molecular complexity index is 1390. The molecule has 1 aromatic heterocycles. The maximum Gasteiger partial charge on any atom is 0.322 e. The number of benzene rings is 2. The number of methoxy groups -OCH3 is 1. The van der Waals surface area contributed by atoms with Crippen LogP contribution in [0.3, 0.4) is 0 Å². The van der Waals surface area contributed by atoms with E-state index >= 15 is 0 Å². The molecule has 0 fully saturated rings. The number of hydrogen-bond donors (Lipinski definition) is 2. The number of aromatic nitrogens is 2. The van der Waals surface area contributed by atoms with Crippen LogP contribution in [0.4, 0.5) is 6.01 Å².